The Morgan fingerprint density at radius 2 is 2.12 bits per heavy atom. The third-order valence-corrected chi connectivity index (χ3v) is 2.92. The summed E-state index contributed by atoms with van der Waals surface area (Å²) >= 11 is 0. The minimum absolute atomic E-state index is 0.0316. The molecule has 4 nitrogen and oxygen atoms in total. The molecule has 0 radical (unpaired) electrons. The van der Waals surface area contributed by atoms with Crippen molar-refractivity contribution in [1.29, 1.82) is 0 Å². The molecule has 1 unspecified atom stereocenters. The minimum atomic E-state index is -0.454. The molecule has 0 N–H and O–H groups in total. The Morgan fingerprint density at radius 3 is 2.82 bits per heavy atom. The second-order valence-corrected chi connectivity index (χ2v) is 3.97. The van der Waals surface area contributed by atoms with E-state index in [0.717, 1.165) is 0 Å². The zero-order valence-corrected chi connectivity index (χ0v) is 9.88. The highest BCUT2D eigenvalue weighted by atomic mass is 16.1. The van der Waals surface area contributed by atoms with Crippen molar-refractivity contribution in [3.8, 4) is 0 Å². The fourth-order valence-electron chi connectivity index (χ4n) is 1.81. The lowest BCUT2D eigenvalue weighted by Crippen LogP contribution is -2.28. The van der Waals surface area contributed by atoms with Gasteiger partial charge in [-0.3, -0.25) is 14.2 Å². The van der Waals surface area contributed by atoms with Gasteiger partial charge < -0.3 is 0 Å². The number of Topliss-reactive ketones (excluding diaryl/α,β-unsaturated/α-hetero) is 1. The van der Waals surface area contributed by atoms with E-state index in [1.54, 1.807) is 32.0 Å². The van der Waals surface area contributed by atoms with Gasteiger partial charge in [0.05, 0.1) is 23.3 Å². The third kappa shape index (κ3) is 1.98. The number of para-hydroxylation sites is 1. The van der Waals surface area contributed by atoms with E-state index < -0.39 is 6.04 Å². The summed E-state index contributed by atoms with van der Waals surface area (Å²) in [7, 11) is 0. The standard InChI is InChI=1S/C13H14N2O2/c1-3-12(16)9(2)15-8-14-11-7-5-4-6-10(11)13(15)17/h4-9H,3H2,1-2H3. The van der Waals surface area contributed by atoms with Crippen LogP contribution in [0.15, 0.2) is 35.4 Å². The van der Waals surface area contributed by atoms with Gasteiger partial charge in [-0.15, -0.1) is 0 Å². The number of hydrogen-bond acceptors (Lipinski definition) is 3. The van der Waals surface area contributed by atoms with Crippen LogP contribution in [0.1, 0.15) is 26.3 Å². The lowest BCUT2D eigenvalue weighted by molar-refractivity contribution is -0.121. The van der Waals surface area contributed by atoms with Gasteiger partial charge in [0.2, 0.25) is 0 Å². The van der Waals surface area contributed by atoms with Crippen LogP contribution in [0, 0.1) is 0 Å². The maximum Gasteiger partial charge on any atom is 0.261 e. The quantitative estimate of drug-likeness (QED) is 0.809. The number of aromatic nitrogens is 2. The van der Waals surface area contributed by atoms with Crippen molar-refractivity contribution in [2.75, 3.05) is 0 Å². The van der Waals surface area contributed by atoms with Crippen LogP contribution in [0.5, 0.6) is 0 Å². The predicted molar refractivity (Wildman–Crippen MR) is 66.0 cm³/mol. The highest BCUT2D eigenvalue weighted by Gasteiger charge is 2.15. The van der Waals surface area contributed by atoms with Crippen molar-refractivity contribution >= 4 is 16.7 Å². The Hall–Kier alpha value is -1.97. The average Bonchev–Trinajstić information content (AvgIpc) is 2.38. The van der Waals surface area contributed by atoms with Gasteiger partial charge in [-0.2, -0.15) is 0 Å². The van der Waals surface area contributed by atoms with Crippen molar-refractivity contribution < 1.29 is 4.79 Å². The van der Waals surface area contributed by atoms with Crippen molar-refractivity contribution in [3.05, 3.63) is 40.9 Å². The van der Waals surface area contributed by atoms with Gasteiger partial charge in [-0.25, -0.2) is 4.98 Å². The number of ketones is 1. The van der Waals surface area contributed by atoms with E-state index in [9.17, 15) is 9.59 Å². The highest BCUT2D eigenvalue weighted by molar-refractivity contribution is 5.82. The summed E-state index contributed by atoms with van der Waals surface area (Å²) in [6.07, 6.45) is 1.86. The molecule has 0 aliphatic carbocycles. The number of nitrogens with zero attached hydrogens (tertiary/aromatic N) is 2. The molecule has 1 heterocycles. The first-order valence-electron chi connectivity index (χ1n) is 5.63. The van der Waals surface area contributed by atoms with Gasteiger partial charge in [0.15, 0.2) is 5.78 Å². The van der Waals surface area contributed by atoms with Crippen LogP contribution in [-0.2, 0) is 4.79 Å². The Balaban J connectivity index is 2.61. The molecule has 1 aromatic carbocycles. The van der Waals surface area contributed by atoms with E-state index in [4.69, 9.17) is 0 Å². The summed E-state index contributed by atoms with van der Waals surface area (Å²) in [6.45, 7) is 3.52. The molecule has 17 heavy (non-hydrogen) atoms. The van der Waals surface area contributed by atoms with E-state index in [1.807, 2.05) is 6.07 Å². The first-order valence-corrected chi connectivity index (χ1v) is 5.63. The number of hydrogen-bond donors (Lipinski definition) is 0. The molecular weight excluding hydrogens is 216 g/mol. The lowest BCUT2D eigenvalue weighted by atomic mass is 10.1. The second-order valence-electron chi connectivity index (χ2n) is 3.97. The molecule has 0 bridgehead atoms. The molecule has 2 rings (SSSR count). The molecule has 88 valence electrons. The normalized spacial score (nSPS) is 12.6. The Labute approximate surface area is 98.9 Å². The molecule has 4 heteroatoms. The van der Waals surface area contributed by atoms with E-state index >= 15 is 0 Å². The van der Waals surface area contributed by atoms with Crippen LogP contribution in [0.25, 0.3) is 10.9 Å². The van der Waals surface area contributed by atoms with Crippen molar-refractivity contribution in [2.45, 2.75) is 26.3 Å². The molecule has 0 saturated carbocycles. The Morgan fingerprint density at radius 1 is 1.41 bits per heavy atom. The van der Waals surface area contributed by atoms with E-state index in [-0.39, 0.29) is 11.3 Å². The fourth-order valence-corrected chi connectivity index (χ4v) is 1.81. The Bertz CT molecular complexity index is 616. The van der Waals surface area contributed by atoms with Gasteiger partial charge in [0.1, 0.15) is 0 Å². The summed E-state index contributed by atoms with van der Waals surface area (Å²) in [4.78, 5) is 28.0. The maximum absolute atomic E-state index is 12.2. The van der Waals surface area contributed by atoms with Gasteiger partial charge in [-0.1, -0.05) is 19.1 Å². The van der Waals surface area contributed by atoms with Crippen LogP contribution in [0.2, 0.25) is 0 Å². The van der Waals surface area contributed by atoms with E-state index in [1.165, 1.54) is 10.9 Å². The molecular formula is C13H14N2O2. The zero-order valence-electron chi connectivity index (χ0n) is 9.88. The van der Waals surface area contributed by atoms with E-state index in [2.05, 4.69) is 4.98 Å². The van der Waals surface area contributed by atoms with Crippen LogP contribution >= 0.6 is 0 Å². The molecule has 1 atom stereocenters. The summed E-state index contributed by atoms with van der Waals surface area (Å²) in [5.74, 6) is 0.0316. The van der Waals surface area contributed by atoms with Gasteiger partial charge in [0.25, 0.3) is 5.56 Å². The largest absolute Gasteiger partial charge is 0.297 e. The lowest BCUT2D eigenvalue weighted by Gasteiger charge is -2.12. The topological polar surface area (TPSA) is 52.0 Å². The Kier molecular flexibility index (Phi) is 3.04. The average molecular weight is 230 g/mol. The SMILES string of the molecule is CCC(=O)C(C)n1cnc2ccccc2c1=O. The summed E-state index contributed by atoms with van der Waals surface area (Å²) < 4.78 is 1.40. The molecule has 0 fully saturated rings. The number of carbonyl (C=O) groups excluding carboxylic acids is 1. The van der Waals surface area contributed by atoms with Gasteiger partial charge in [0, 0.05) is 6.42 Å². The second kappa shape index (κ2) is 4.49. The predicted octanol–water partition coefficient (Wildman–Crippen LogP) is 1.94. The number of rotatable bonds is 3. The first kappa shape index (κ1) is 11.5. The van der Waals surface area contributed by atoms with Crippen molar-refractivity contribution in [3.63, 3.8) is 0 Å². The molecule has 0 amide bonds. The first-order chi connectivity index (χ1) is 8.15. The third-order valence-electron chi connectivity index (χ3n) is 2.92. The molecule has 1 aromatic heterocycles. The van der Waals surface area contributed by atoms with Gasteiger partial charge in [-0.05, 0) is 19.1 Å². The molecule has 0 saturated heterocycles. The molecule has 2 aromatic rings. The smallest absolute Gasteiger partial charge is 0.261 e. The van der Waals surface area contributed by atoms with Crippen molar-refractivity contribution in [2.24, 2.45) is 0 Å². The molecule has 0 spiro atoms. The fraction of sp³-hybridized carbons (Fsp3) is 0.308. The van der Waals surface area contributed by atoms with Gasteiger partial charge >= 0.3 is 0 Å². The van der Waals surface area contributed by atoms with Crippen LogP contribution in [-0.4, -0.2) is 15.3 Å². The molecule has 0 aliphatic heterocycles. The van der Waals surface area contributed by atoms with Crippen LogP contribution < -0.4 is 5.56 Å². The highest BCUT2D eigenvalue weighted by Crippen LogP contribution is 2.09. The summed E-state index contributed by atoms with van der Waals surface area (Å²) in [6, 6.07) is 6.68. The zero-order chi connectivity index (χ0) is 12.4. The monoisotopic (exact) mass is 230 g/mol. The van der Waals surface area contributed by atoms with Crippen molar-refractivity contribution in [1.82, 2.24) is 9.55 Å². The summed E-state index contributed by atoms with van der Waals surface area (Å²) in [5.41, 5.74) is 0.495. The number of fused-ring (bicyclic) bond motifs is 1. The van der Waals surface area contributed by atoms with E-state index in [0.29, 0.717) is 17.3 Å². The maximum atomic E-state index is 12.2. The minimum Gasteiger partial charge on any atom is -0.297 e. The van der Waals surface area contributed by atoms with Crippen LogP contribution in [0.4, 0.5) is 0 Å². The van der Waals surface area contributed by atoms with Crippen LogP contribution in [0.3, 0.4) is 0 Å². The number of benzene rings is 1. The molecule has 0 aliphatic rings. The number of carbonyl (C=O) groups is 1. The summed E-state index contributed by atoms with van der Waals surface area (Å²) in [5, 5.41) is 0.547.